The van der Waals surface area contributed by atoms with Gasteiger partial charge in [0.15, 0.2) is 12.6 Å². The van der Waals surface area contributed by atoms with Gasteiger partial charge in [-0.25, -0.2) is 0 Å². The highest BCUT2D eigenvalue weighted by atomic mass is 31.0. The van der Waals surface area contributed by atoms with Crippen LogP contribution in [-0.4, -0.2) is 50.0 Å². The molecule has 0 bridgehead atoms. The van der Waals surface area contributed by atoms with Crippen LogP contribution in [0.15, 0.2) is 60.7 Å². The fourth-order valence-electron chi connectivity index (χ4n) is 5.66. The predicted octanol–water partition coefficient (Wildman–Crippen LogP) is 6.43. The first-order valence-electron chi connectivity index (χ1n) is 14.5. The van der Waals surface area contributed by atoms with Gasteiger partial charge in [-0.05, 0) is 35.3 Å². The monoisotopic (exact) mass is 558 g/mol. The molecular weight excluding hydrogens is 511 g/mol. The number of ether oxygens (including phenoxy) is 6. The summed E-state index contributed by atoms with van der Waals surface area (Å²) >= 11 is 0. The summed E-state index contributed by atoms with van der Waals surface area (Å²) in [4.78, 5) is 0. The van der Waals surface area contributed by atoms with E-state index < -0.39 is 6.29 Å². The lowest BCUT2D eigenvalue weighted by atomic mass is 9.82. The fourth-order valence-corrected chi connectivity index (χ4v) is 5.85. The SMILES string of the molecule is CCC1O[C@H](OCP)C(C)[C@@H](C)[C@@H]1O[C@@H]1OC(COCc2ccccc2)[C@H](C)[C@H](C)C1OCc1ccccc1. The molecule has 0 saturated carbocycles. The first kappa shape index (κ1) is 30.6. The lowest BCUT2D eigenvalue weighted by molar-refractivity contribution is -0.339. The zero-order valence-corrected chi connectivity index (χ0v) is 25.3. The molecule has 0 amide bonds. The lowest BCUT2D eigenvalue weighted by Crippen LogP contribution is -2.57. The molecule has 2 aromatic carbocycles. The smallest absolute Gasteiger partial charge is 0.184 e. The maximum absolute atomic E-state index is 6.87. The summed E-state index contributed by atoms with van der Waals surface area (Å²) in [5.74, 6) is 0.864. The van der Waals surface area contributed by atoms with Gasteiger partial charge in [0, 0.05) is 5.92 Å². The van der Waals surface area contributed by atoms with E-state index in [-0.39, 0.29) is 54.4 Å². The maximum Gasteiger partial charge on any atom is 0.184 e. The quantitative estimate of drug-likeness (QED) is 0.280. The van der Waals surface area contributed by atoms with Crippen LogP contribution in [0.5, 0.6) is 0 Å². The standard InChI is InChI=1S/C32H47O6P/c1-6-27-29(23(4)24(5)31(36-27)35-20-39)38-32-30(34-18-26-15-11-8-12-16-26)22(3)21(2)28(37-32)19-33-17-25-13-9-7-10-14-25/h7-16,21-24,27-32H,6,17-20,39H2,1-5H3/t21-,22+,23-,24?,27?,28?,29+,30?,31+,32+/m1/s1. The van der Waals surface area contributed by atoms with Crippen molar-refractivity contribution in [3.8, 4) is 0 Å². The Hall–Kier alpha value is -1.37. The average molecular weight is 559 g/mol. The largest absolute Gasteiger partial charge is 0.374 e. The summed E-state index contributed by atoms with van der Waals surface area (Å²) in [6, 6.07) is 20.5. The van der Waals surface area contributed by atoms with Crippen molar-refractivity contribution in [2.45, 2.75) is 91.2 Å². The van der Waals surface area contributed by atoms with Crippen LogP contribution < -0.4 is 0 Å². The molecule has 2 heterocycles. The Bertz CT molecular complexity index is 958. The molecular formula is C32H47O6P. The van der Waals surface area contributed by atoms with E-state index in [9.17, 15) is 0 Å². The van der Waals surface area contributed by atoms with E-state index in [1.54, 1.807) is 0 Å². The summed E-state index contributed by atoms with van der Waals surface area (Å²) in [5, 5.41) is 0. The van der Waals surface area contributed by atoms with E-state index in [0.717, 1.165) is 17.5 Å². The van der Waals surface area contributed by atoms with E-state index in [4.69, 9.17) is 28.4 Å². The van der Waals surface area contributed by atoms with Crippen LogP contribution in [0.2, 0.25) is 0 Å². The van der Waals surface area contributed by atoms with Gasteiger partial charge in [0.25, 0.3) is 0 Å². The summed E-state index contributed by atoms with van der Waals surface area (Å²) in [5.41, 5.74) is 2.29. The minimum Gasteiger partial charge on any atom is -0.374 e. The molecule has 2 saturated heterocycles. The first-order valence-corrected chi connectivity index (χ1v) is 15.3. The molecule has 7 heteroatoms. The molecule has 0 aromatic heterocycles. The van der Waals surface area contributed by atoms with Gasteiger partial charge >= 0.3 is 0 Å². The molecule has 11 atom stereocenters. The molecule has 2 fully saturated rings. The normalized spacial score (nSPS) is 35.1. The van der Waals surface area contributed by atoms with Gasteiger partial charge in [0.2, 0.25) is 0 Å². The zero-order valence-electron chi connectivity index (χ0n) is 24.1. The van der Waals surface area contributed by atoms with Gasteiger partial charge in [0.1, 0.15) is 6.10 Å². The Kier molecular flexibility index (Phi) is 11.8. The zero-order chi connectivity index (χ0) is 27.8. The fraction of sp³-hybridized carbons (Fsp3) is 0.625. The third kappa shape index (κ3) is 7.89. The van der Waals surface area contributed by atoms with E-state index in [0.29, 0.717) is 26.2 Å². The van der Waals surface area contributed by atoms with Crippen molar-refractivity contribution >= 4 is 9.24 Å². The molecule has 2 aromatic rings. The maximum atomic E-state index is 6.87. The molecule has 2 aliphatic rings. The highest BCUT2D eigenvalue weighted by Gasteiger charge is 2.48. The second-order valence-corrected chi connectivity index (χ2v) is 11.5. The Morgan fingerprint density at radius 3 is 1.87 bits per heavy atom. The first-order chi connectivity index (χ1) is 18.9. The Morgan fingerprint density at radius 2 is 1.26 bits per heavy atom. The van der Waals surface area contributed by atoms with Crippen molar-refractivity contribution in [2.75, 3.05) is 13.0 Å². The number of hydrogen-bond acceptors (Lipinski definition) is 6. The summed E-state index contributed by atoms with van der Waals surface area (Å²) in [7, 11) is 2.62. The van der Waals surface area contributed by atoms with E-state index >= 15 is 0 Å². The van der Waals surface area contributed by atoms with Crippen LogP contribution in [-0.2, 0) is 41.6 Å². The molecule has 2 aliphatic heterocycles. The van der Waals surface area contributed by atoms with Crippen LogP contribution in [0.25, 0.3) is 0 Å². The lowest BCUT2D eigenvalue weighted by Gasteiger charge is -2.49. The predicted molar refractivity (Wildman–Crippen MR) is 156 cm³/mol. The summed E-state index contributed by atoms with van der Waals surface area (Å²) in [6.45, 7) is 12.6. The van der Waals surface area contributed by atoms with Crippen molar-refractivity contribution < 1.29 is 28.4 Å². The van der Waals surface area contributed by atoms with Crippen LogP contribution in [0.1, 0.15) is 52.2 Å². The molecule has 0 N–H and O–H groups in total. The molecule has 39 heavy (non-hydrogen) atoms. The number of rotatable bonds is 12. The van der Waals surface area contributed by atoms with E-state index in [2.05, 4.69) is 68.1 Å². The molecule has 0 spiro atoms. The third-order valence-corrected chi connectivity index (χ3v) is 8.79. The third-order valence-electron chi connectivity index (χ3n) is 8.60. The van der Waals surface area contributed by atoms with Crippen molar-refractivity contribution in [3.63, 3.8) is 0 Å². The second kappa shape index (κ2) is 15.0. The van der Waals surface area contributed by atoms with Gasteiger partial charge in [-0.15, -0.1) is 9.24 Å². The molecule has 5 unspecified atom stereocenters. The molecule has 216 valence electrons. The van der Waals surface area contributed by atoms with Crippen LogP contribution in [0.3, 0.4) is 0 Å². The van der Waals surface area contributed by atoms with Crippen molar-refractivity contribution in [3.05, 3.63) is 71.8 Å². The Labute approximate surface area is 237 Å². The van der Waals surface area contributed by atoms with Crippen molar-refractivity contribution in [2.24, 2.45) is 23.7 Å². The van der Waals surface area contributed by atoms with Crippen molar-refractivity contribution in [1.82, 2.24) is 0 Å². The Morgan fingerprint density at radius 1 is 0.667 bits per heavy atom. The van der Waals surface area contributed by atoms with Gasteiger partial charge in [-0.3, -0.25) is 0 Å². The van der Waals surface area contributed by atoms with E-state index in [1.165, 1.54) is 0 Å². The van der Waals surface area contributed by atoms with Gasteiger partial charge in [-0.2, -0.15) is 0 Å². The molecule has 4 rings (SSSR count). The molecule has 0 radical (unpaired) electrons. The molecule has 0 aliphatic carbocycles. The Balaban J connectivity index is 1.49. The van der Waals surface area contributed by atoms with Crippen LogP contribution in [0, 0.1) is 23.7 Å². The van der Waals surface area contributed by atoms with Crippen LogP contribution in [0.4, 0.5) is 0 Å². The van der Waals surface area contributed by atoms with E-state index in [1.807, 2.05) is 36.4 Å². The van der Waals surface area contributed by atoms with Crippen LogP contribution >= 0.6 is 9.24 Å². The minimum atomic E-state index is -0.526. The highest BCUT2D eigenvalue weighted by Crippen LogP contribution is 2.39. The second-order valence-electron chi connectivity index (χ2n) is 11.1. The summed E-state index contributed by atoms with van der Waals surface area (Å²) in [6.07, 6.45) is 0.0791. The molecule has 6 nitrogen and oxygen atoms in total. The van der Waals surface area contributed by atoms with Gasteiger partial charge in [0.05, 0.1) is 44.5 Å². The van der Waals surface area contributed by atoms with Gasteiger partial charge in [-0.1, -0.05) is 95.3 Å². The average Bonchev–Trinajstić information content (AvgIpc) is 2.96. The van der Waals surface area contributed by atoms with Gasteiger partial charge < -0.3 is 28.4 Å². The number of benzene rings is 2. The number of hydrogen-bond donors (Lipinski definition) is 0. The topological polar surface area (TPSA) is 55.4 Å². The summed E-state index contributed by atoms with van der Waals surface area (Å²) < 4.78 is 38.5. The van der Waals surface area contributed by atoms with Crippen molar-refractivity contribution in [1.29, 1.82) is 0 Å². The minimum absolute atomic E-state index is 0.0847. The highest BCUT2D eigenvalue weighted by molar-refractivity contribution is 7.16.